The van der Waals surface area contributed by atoms with Gasteiger partial charge in [-0.15, -0.1) is 0 Å². The van der Waals surface area contributed by atoms with Crippen LogP contribution in [0.3, 0.4) is 0 Å². The predicted octanol–water partition coefficient (Wildman–Crippen LogP) is 10.2. The van der Waals surface area contributed by atoms with Crippen molar-refractivity contribution in [3.63, 3.8) is 0 Å². The molecule has 3 unspecified atom stereocenters. The minimum absolute atomic E-state index is 0.188. The fraction of sp³-hybridized carbons (Fsp3) is 0.560. The molecule has 4 atom stereocenters. The van der Waals surface area contributed by atoms with Crippen LogP contribution in [0.4, 0.5) is 9.59 Å². The lowest BCUT2D eigenvalue weighted by atomic mass is 10.00. The second kappa shape index (κ2) is 23.2. The molecule has 2 aromatic heterocycles. The number of hydrogen-bond acceptors (Lipinski definition) is 10. The van der Waals surface area contributed by atoms with Gasteiger partial charge in [0.05, 0.1) is 47.9 Å². The number of nitrogens with one attached hydrogen (secondary N) is 2. The van der Waals surface area contributed by atoms with E-state index in [0.29, 0.717) is 26.2 Å². The maximum absolute atomic E-state index is 14.8. The lowest BCUT2D eigenvalue weighted by molar-refractivity contribution is -0.137. The molecule has 14 nitrogen and oxygen atoms in total. The van der Waals surface area contributed by atoms with Crippen molar-refractivity contribution in [1.29, 1.82) is 0 Å². The van der Waals surface area contributed by atoms with Gasteiger partial charge in [0.25, 0.3) is 0 Å². The highest BCUT2D eigenvalue weighted by Gasteiger charge is 2.39. The Morgan fingerprint density at radius 2 is 0.985 bits per heavy atom. The molecular weight excluding hydrogens is 873 g/mol. The van der Waals surface area contributed by atoms with Gasteiger partial charge in [-0.1, -0.05) is 135 Å². The Morgan fingerprint density at radius 3 is 1.33 bits per heavy atom. The Hall–Kier alpha value is -4.96. The summed E-state index contributed by atoms with van der Waals surface area (Å²) < 4.78 is 15.4. The molecule has 0 spiro atoms. The number of aromatic nitrogens is 4. The van der Waals surface area contributed by atoms with Gasteiger partial charge in [-0.25, -0.2) is 9.59 Å². The van der Waals surface area contributed by atoms with E-state index in [9.17, 15) is 19.2 Å². The first-order valence-electron chi connectivity index (χ1n) is 23.7. The Balaban J connectivity index is 1.22. The van der Waals surface area contributed by atoms with E-state index in [1.54, 1.807) is 41.5 Å². The molecular formula is C50H70N8O6S2. The van der Waals surface area contributed by atoms with E-state index in [2.05, 4.69) is 36.6 Å². The van der Waals surface area contributed by atoms with E-state index in [4.69, 9.17) is 19.7 Å². The first-order valence-corrected chi connectivity index (χ1v) is 26.1. The van der Waals surface area contributed by atoms with Crippen LogP contribution in [0.1, 0.15) is 130 Å². The monoisotopic (exact) mass is 942 g/mol. The van der Waals surface area contributed by atoms with Crippen molar-refractivity contribution in [3.8, 4) is 22.5 Å². The van der Waals surface area contributed by atoms with Crippen LogP contribution < -0.4 is 10.6 Å². The molecule has 2 aromatic carbocycles. The summed E-state index contributed by atoms with van der Waals surface area (Å²) in [5.74, 6) is -0.0434. The topological polar surface area (TPSA) is 153 Å². The van der Waals surface area contributed by atoms with Crippen LogP contribution in [0.25, 0.3) is 22.5 Å². The molecule has 16 heteroatoms. The molecule has 0 aliphatic carbocycles. The van der Waals surface area contributed by atoms with Gasteiger partial charge in [-0.05, 0) is 66.5 Å². The van der Waals surface area contributed by atoms with Crippen LogP contribution in [0.2, 0.25) is 0 Å². The van der Waals surface area contributed by atoms with E-state index in [1.807, 2.05) is 79.8 Å². The number of carbonyl (C=O) groups excluding carboxylic acids is 4. The van der Waals surface area contributed by atoms with Crippen molar-refractivity contribution >= 4 is 45.6 Å². The summed E-state index contributed by atoms with van der Waals surface area (Å²) in [6, 6.07) is 21.9. The third-order valence-corrected chi connectivity index (χ3v) is 14.0. The standard InChI is InChI=1S/C50H70N8O6S2/c1-9-11-15-25-41-43-31-37(35-21-17-13-18-22-35)53-57(43)29-27-55(41)45(59)39(51-47(61)63-49(3,4)5)33-65-66-34-40(52-48(62)64-50(6,7)8)46(60)56-28-30-58-44(42(56)26-16-12-10-2)32-38(54-58)36-23-19-14-20-24-36/h13-14,17-24,31-32,39-42H,9-12,15-16,25-30,33-34H2,1-8H3,(H,51,61)(H,52,62)/t39-,40?,41?,42?/m0/s1. The van der Waals surface area contributed by atoms with Gasteiger partial charge in [0.1, 0.15) is 23.3 Å². The zero-order valence-electron chi connectivity index (χ0n) is 40.1. The molecule has 0 saturated carbocycles. The largest absolute Gasteiger partial charge is 0.444 e. The van der Waals surface area contributed by atoms with Crippen LogP contribution in [-0.2, 0) is 32.2 Å². The summed E-state index contributed by atoms with van der Waals surface area (Å²) >= 11 is 0. The number of fused-ring (bicyclic) bond motifs is 2. The number of rotatable bonds is 19. The third-order valence-electron chi connectivity index (χ3n) is 11.6. The summed E-state index contributed by atoms with van der Waals surface area (Å²) in [4.78, 5) is 60.3. The van der Waals surface area contributed by atoms with E-state index in [-0.39, 0.29) is 35.4 Å². The lowest BCUT2D eigenvalue weighted by Gasteiger charge is -2.38. The average Bonchev–Trinajstić information content (AvgIpc) is 3.92. The van der Waals surface area contributed by atoms with E-state index in [1.165, 1.54) is 21.6 Å². The Morgan fingerprint density at radius 1 is 0.606 bits per heavy atom. The van der Waals surface area contributed by atoms with E-state index < -0.39 is 35.5 Å². The van der Waals surface area contributed by atoms with Crippen LogP contribution in [0, 0.1) is 0 Å². The molecule has 4 aromatic rings. The highest BCUT2D eigenvalue weighted by atomic mass is 33.1. The number of amides is 4. The SMILES string of the molecule is CCCCCC1c2cc(-c3ccccc3)nn2CCN1C(=O)C(CSSC[C@H](NC(=O)OC(C)(C)C)C(=O)N1CCn2nc(-c3ccccc3)cc2C1CCCCC)NC(=O)OC(C)(C)C. The number of nitrogens with zero attached hydrogens (tertiary/aromatic N) is 6. The van der Waals surface area contributed by atoms with Crippen LogP contribution in [-0.4, -0.2) is 101 Å². The van der Waals surface area contributed by atoms with E-state index >= 15 is 0 Å². The second-order valence-electron chi connectivity index (χ2n) is 19.1. The maximum atomic E-state index is 14.8. The number of carbonyl (C=O) groups is 4. The van der Waals surface area contributed by atoms with Gasteiger partial charge < -0.3 is 29.9 Å². The smallest absolute Gasteiger partial charge is 0.408 e. The number of ether oxygens (including phenoxy) is 2. The third kappa shape index (κ3) is 13.8. The molecule has 358 valence electrons. The second-order valence-corrected chi connectivity index (χ2v) is 21.7. The number of unbranched alkanes of at least 4 members (excludes halogenated alkanes) is 4. The molecule has 6 rings (SSSR count). The quantitative estimate of drug-likeness (QED) is 0.0686. The van der Waals surface area contributed by atoms with Gasteiger partial charge in [-0.2, -0.15) is 10.2 Å². The van der Waals surface area contributed by atoms with Crippen LogP contribution in [0.15, 0.2) is 72.8 Å². The molecule has 2 aliphatic heterocycles. The highest BCUT2D eigenvalue weighted by molar-refractivity contribution is 8.76. The Bertz CT molecular complexity index is 2060. The van der Waals surface area contributed by atoms with Crippen LogP contribution >= 0.6 is 21.6 Å². The lowest BCUT2D eigenvalue weighted by Crippen LogP contribution is -2.54. The fourth-order valence-corrected chi connectivity index (χ4v) is 10.8. The summed E-state index contributed by atoms with van der Waals surface area (Å²) in [5.41, 5.74) is 4.13. The van der Waals surface area contributed by atoms with Crippen molar-refractivity contribution in [2.75, 3.05) is 24.6 Å². The molecule has 4 amide bonds. The Labute approximate surface area is 399 Å². The predicted molar refractivity (Wildman–Crippen MR) is 264 cm³/mol. The summed E-state index contributed by atoms with van der Waals surface area (Å²) in [6.07, 6.45) is 6.12. The minimum Gasteiger partial charge on any atom is -0.444 e. The summed E-state index contributed by atoms with van der Waals surface area (Å²) in [7, 11) is 2.74. The molecule has 66 heavy (non-hydrogen) atoms. The van der Waals surface area contributed by atoms with E-state index in [0.717, 1.165) is 85.3 Å². The molecule has 0 radical (unpaired) electrons. The van der Waals surface area contributed by atoms with Crippen molar-refractivity contribution in [3.05, 3.63) is 84.2 Å². The first-order chi connectivity index (χ1) is 31.5. The average molecular weight is 943 g/mol. The minimum atomic E-state index is -0.939. The zero-order chi connectivity index (χ0) is 47.4. The molecule has 0 fully saturated rings. The molecule has 4 heterocycles. The summed E-state index contributed by atoms with van der Waals surface area (Å²) in [6.45, 7) is 16.9. The molecule has 0 bridgehead atoms. The molecule has 2 aliphatic rings. The van der Waals surface area contributed by atoms with Gasteiger partial charge in [-0.3, -0.25) is 19.0 Å². The number of alkyl carbamates (subject to hydrolysis) is 2. The first kappa shape index (κ1) is 50.5. The fourth-order valence-electron chi connectivity index (χ4n) is 8.49. The van der Waals surface area contributed by atoms with Gasteiger partial charge >= 0.3 is 12.2 Å². The number of hydrogen-bond donors (Lipinski definition) is 2. The molecule has 2 N–H and O–H groups in total. The van der Waals surface area contributed by atoms with Gasteiger partial charge in [0, 0.05) is 35.7 Å². The van der Waals surface area contributed by atoms with Crippen LogP contribution in [0.5, 0.6) is 0 Å². The number of benzene rings is 2. The maximum Gasteiger partial charge on any atom is 0.408 e. The normalized spacial score (nSPS) is 17.0. The van der Waals surface area contributed by atoms with Crippen molar-refractivity contribution in [2.45, 2.75) is 155 Å². The zero-order valence-corrected chi connectivity index (χ0v) is 41.7. The van der Waals surface area contributed by atoms with Crippen molar-refractivity contribution in [1.82, 2.24) is 40.0 Å². The Kier molecular flexibility index (Phi) is 17.7. The van der Waals surface area contributed by atoms with Crippen molar-refractivity contribution in [2.24, 2.45) is 0 Å². The van der Waals surface area contributed by atoms with Gasteiger partial charge in [0.15, 0.2) is 0 Å². The summed E-state index contributed by atoms with van der Waals surface area (Å²) in [5, 5.41) is 15.7. The van der Waals surface area contributed by atoms with Gasteiger partial charge in [0.2, 0.25) is 11.8 Å². The van der Waals surface area contributed by atoms with Crippen molar-refractivity contribution < 1.29 is 28.7 Å². The highest BCUT2D eigenvalue weighted by Crippen LogP contribution is 2.37. The molecule has 0 saturated heterocycles.